The van der Waals surface area contributed by atoms with Crippen LogP contribution >= 0.6 is 0 Å². The number of hydrogen-bond donors (Lipinski definition) is 2. The summed E-state index contributed by atoms with van der Waals surface area (Å²) in [5.74, 6) is 0. The molecule has 0 aliphatic rings. The van der Waals surface area contributed by atoms with Crippen molar-refractivity contribution in [2.75, 3.05) is 13.6 Å². The van der Waals surface area contributed by atoms with Crippen molar-refractivity contribution in [1.29, 1.82) is 0 Å². The Morgan fingerprint density at radius 3 is 2.25 bits per heavy atom. The molecule has 3 nitrogen and oxygen atoms in total. The number of hydroxylamine groups is 2. The fourth-order valence-electron chi connectivity index (χ4n) is 0.434. The van der Waals surface area contributed by atoms with E-state index in [-0.39, 0.29) is 0 Å². The first-order valence-corrected chi connectivity index (χ1v) is 2.75. The number of rotatable bonds is 3. The molecular formula is C5H13NO2. The summed E-state index contributed by atoms with van der Waals surface area (Å²) in [6, 6.07) is 0. The molecule has 0 fully saturated rings. The van der Waals surface area contributed by atoms with Crippen molar-refractivity contribution in [3.63, 3.8) is 0 Å². The van der Waals surface area contributed by atoms with Crippen LogP contribution in [0.1, 0.15) is 13.3 Å². The highest BCUT2D eigenvalue weighted by Gasteiger charge is 2.00. The third-order valence-corrected chi connectivity index (χ3v) is 0.946. The van der Waals surface area contributed by atoms with Gasteiger partial charge in [-0.3, -0.25) is 0 Å². The number of nitrogens with zero attached hydrogens (tertiary/aromatic N) is 1. The molecule has 0 heterocycles. The van der Waals surface area contributed by atoms with E-state index in [1.807, 2.05) is 6.92 Å². The molecular weight excluding hydrogens is 106 g/mol. The van der Waals surface area contributed by atoms with Gasteiger partial charge in [-0.25, -0.2) is 0 Å². The molecule has 0 aromatic heterocycles. The van der Waals surface area contributed by atoms with Gasteiger partial charge in [0, 0.05) is 13.6 Å². The van der Waals surface area contributed by atoms with Gasteiger partial charge in [0.05, 0.1) is 6.10 Å². The molecule has 0 amide bonds. The van der Waals surface area contributed by atoms with Gasteiger partial charge in [-0.1, -0.05) is 6.92 Å². The highest BCUT2D eigenvalue weighted by molar-refractivity contribution is 4.51. The largest absolute Gasteiger partial charge is 0.392 e. The SMILES string of the molecule is CCC(O)CN(C)O. The van der Waals surface area contributed by atoms with Gasteiger partial charge in [-0.2, -0.15) is 5.06 Å². The van der Waals surface area contributed by atoms with Crippen LogP contribution in [0.4, 0.5) is 0 Å². The summed E-state index contributed by atoms with van der Waals surface area (Å²) in [6.45, 7) is 2.20. The van der Waals surface area contributed by atoms with Crippen molar-refractivity contribution >= 4 is 0 Å². The van der Waals surface area contributed by atoms with Crippen molar-refractivity contribution in [1.82, 2.24) is 5.06 Å². The van der Waals surface area contributed by atoms with Crippen molar-refractivity contribution < 1.29 is 10.3 Å². The minimum atomic E-state index is -0.398. The highest BCUT2D eigenvalue weighted by Crippen LogP contribution is 1.89. The Balaban J connectivity index is 3.10. The van der Waals surface area contributed by atoms with E-state index < -0.39 is 6.10 Å². The van der Waals surface area contributed by atoms with Gasteiger partial charge in [0.15, 0.2) is 0 Å². The molecule has 2 N–H and O–H groups in total. The average Bonchev–Trinajstić information content (AvgIpc) is 1.65. The minimum absolute atomic E-state index is 0.330. The van der Waals surface area contributed by atoms with Crippen LogP contribution in [0.2, 0.25) is 0 Å². The maximum Gasteiger partial charge on any atom is 0.0687 e. The zero-order valence-electron chi connectivity index (χ0n) is 5.33. The van der Waals surface area contributed by atoms with Crippen molar-refractivity contribution in [3.8, 4) is 0 Å². The summed E-state index contributed by atoms with van der Waals surface area (Å²) < 4.78 is 0. The van der Waals surface area contributed by atoms with Gasteiger partial charge in [-0.15, -0.1) is 0 Å². The Morgan fingerprint density at radius 1 is 1.62 bits per heavy atom. The van der Waals surface area contributed by atoms with Crippen LogP contribution in [0.25, 0.3) is 0 Å². The third-order valence-electron chi connectivity index (χ3n) is 0.946. The summed E-state index contributed by atoms with van der Waals surface area (Å²) in [7, 11) is 1.51. The zero-order valence-corrected chi connectivity index (χ0v) is 5.33. The fraction of sp³-hybridized carbons (Fsp3) is 1.00. The second-order valence-corrected chi connectivity index (χ2v) is 1.90. The number of hydrogen-bond acceptors (Lipinski definition) is 3. The predicted molar refractivity (Wildman–Crippen MR) is 30.7 cm³/mol. The van der Waals surface area contributed by atoms with Crippen molar-refractivity contribution in [2.45, 2.75) is 19.4 Å². The normalized spacial score (nSPS) is 14.6. The monoisotopic (exact) mass is 119 g/mol. The Morgan fingerprint density at radius 2 is 2.12 bits per heavy atom. The molecule has 3 heteroatoms. The van der Waals surface area contributed by atoms with Crippen LogP contribution in [-0.2, 0) is 0 Å². The lowest BCUT2D eigenvalue weighted by Crippen LogP contribution is -2.25. The first-order valence-electron chi connectivity index (χ1n) is 2.75. The number of likely N-dealkylation sites (N-methyl/N-ethyl adjacent to an activating group) is 1. The molecule has 0 rings (SSSR count). The first-order chi connectivity index (χ1) is 3.66. The van der Waals surface area contributed by atoms with E-state index in [4.69, 9.17) is 10.3 Å². The molecule has 50 valence electrons. The Hall–Kier alpha value is -0.120. The van der Waals surface area contributed by atoms with Gasteiger partial charge in [0.25, 0.3) is 0 Å². The lowest BCUT2D eigenvalue weighted by molar-refractivity contribution is -0.0900. The Labute approximate surface area is 49.5 Å². The number of aliphatic hydroxyl groups is 1. The molecule has 0 radical (unpaired) electrons. The Bertz CT molecular complexity index is 56.4. The fourth-order valence-corrected chi connectivity index (χ4v) is 0.434. The van der Waals surface area contributed by atoms with E-state index in [2.05, 4.69) is 0 Å². The maximum atomic E-state index is 8.83. The lowest BCUT2D eigenvalue weighted by Gasteiger charge is -2.11. The minimum Gasteiger partial charge on any atom is -0.392 e. The number of aliphatic hydroxyl groups excluding tert-OH is 1. The van der Waals surface area contributed by atoms with Crippen LogP contribution in [0, 0.1) is 0 Å². The molecule has 1 unspecified atom stereocenters. The van der Waals surface area contributed by atoms with E-state index in [0.29, 0.717) is 13.0 Å². The Kier molecular flexibility index (Phi) is 3.77. The first kappa shape index (κ1) is 7.88. The molecule has 0 aromatic rings. The summed E-state index contributed by atoms with van der Waals surface area (Å²) in [5, 5.41) is 18.3. The van der Waals surface area contributed by atoms with Gasteiger partial charge >= 0.3 is 0 Å². The topological polar surface area (TPSA) is 43.7 Å². The second-order valence-electron chi connectivity index (χ2n) is 1.90. The predicted octanol–water partition coefficient (Wildman–Crippen LogP) is 0.0783. The molecule has 0 saturated carbocycles. The van der Waals surface area contributed by atoms with Gasteiger partial charge in [0.2, 0.25) is 0 Å². The molecule has 0 bridgehead atoms. The van der Waals surface area contributed by atoms with Gasteiger partial charge in [-0.05, 0) is 6.42 Å². The molecule has 1 atom stereocenters. The van der Waals surface area contributed by atoms with Gasteiger partial charge < -0.3 is 10.3 Å². The molecule has 8 heavy (non-hydrogen) atoms. The maximum absolute atomic E-state index is 8.83. The van der Waals surface area contributed by atoms with Crippen LogP contribution in [-0.4, -0.2) is 35.1 Å². The molecule has 0 spiro atoms. The summed E-state index contributed by atoms with van der Waals surface area (Å²) >= 11 is 0. The van der Waals surface area contributed by atoms with Crippen LogP contribution in [0.3, 0.4) is 0 Å². The smallest absolute Gasteiger partial charge is 0.0687 e. The van der Waals surface area contributed by atoms with Crippen molar-refractivity contribution in [2.24, 2.45) is 0 Å². The third kappa shape index (κ3) is 4.05. The molecule has 0 aliphatic heterocycles. The zero-order chi connectivity index (χ0) is 6.57. The lowest BCUT2D eigenvalue weighted by atomic mass is 10.3. The van der Waals surface area contributed by atoms with E-state index in [9.17, 15) is 0 Å². The van der Waals surface area contributed by atoms with E-state index in [0.717, 1.165) is 5.06 Å². The summed E-state index contributed by atoms with van der Waals surface area (Å²) in [6.07, 6.45) is 0.287. The standard InChI is InChI=1S/C5H13NO2/c1-3-5(7)4-6(2)8/h5,7-8H,3-4H2,1-2H3. The quantitative estimate of drug-likeness (QED) is 0.517. The highest BCUT2D eigenvalue weighted by atomic mass is 16.5. The average molecular weight is 119 g/mol. The van der Waals surface area contributed by atoms with Crippen LogP contribution < -0.4 is 0 Å². The summed E-state index contributed by atoms with van der Waals surface area (Å²) in [4.78, 5) is 0. The second kappa shape index (κ2) is 3.83. The van der Waals surface area contributed by atoms with Crippen LogP contribution in [0.5, 0.6) is 0 Å². The van der Waals surface area contributed by atoms with E-state index in [1.165, 1.54) is 7.05 Å². The summed E-state index contributed by atoms with van der Waals surface area (Å²) in [5.41, 5.74) is 0. The van der Waals surface area contributed by atoms with Crippen molar-refractivity contribution in [3.05, 3.63) is 0 Å². The van der Waals surface area contributed by atoms with Crippen LogP contribution in [0.15, 0.2) is 0 Å². The molecule has 0 aromatic carbocycles. The van der Waals surface area contributed by atoms with E-state index >= 15 is 0 Å². The van der Waals surface area contributed by atoms with Gasteiger partial charge in [0.1, 0.15) is 0 Å². The molecule has 0 saturated heterocycles. The van der Waals surface area contributed by atoms with E-state index in [1.54, 1.807) is 0 Å². The molecule has 0 aliphatic carbocycles.